The fourth-order valence-electron chi connectivity index (χ4n) is 1.64. The predicted octanol–water partition coefficient (Wildman–Crippen LogP) is 2.96. The van der Waals surface area contributed by atoms with Crippen molar-refractivity contribution in [3.63, 3.8) is 0 Å². The van der Waals surface area contributed by atoms with Gasteiger partial charge in [-0.05, 0) is 17.7 Å². The molecule has 1 saturated heterocycles. The van der Waals surface area contributed by atoms with Gasteiger partial charge in [-0.3, -0.25) is 4.79 Å². The molecule has 0 saturated carbocycles. The number of hydrogen-bond acceptors (Lipinski definition) is 3. The molecule has 1 aliphatic rings. The number of carbonyl (C=O) groups excluding carboxylic acids is 1. The van der Waals surface area contributed by atoms with Gasteiger partial charge in [-0.15, -0.1) is 0 Å². The lowest BCUT2D eigenvalue weighted by Crippen LogP contribution is -2.27. The van der Waals surface area contributed by atoms with E-state index in [0.29, 0.717) is 9.34 Å². The highest BCUT2D eigenvalue weighted by Crippen LogP contribution is 2.33. The molecule has 1 aromatic carbocycles. The van der Waals surface area contributed by atoms with E-state index >= 15 is 0 Å². The van der Waals surface area contributed by atoms with Gasteiger partial charge in [0, 0.05) is 10.9 Å². The minimum atomic E-state index is -0.131. The topological polar surface area (TPSA) is 29.1 Å². The van der Waals surface area contributed by atoms with Gasteiger partial charge in [0.25, 0.3) is 0 Å². The summed E-state index contributed by atoms with van der Waals surface area (Å²) in [5, 5.41) is 3.23. The molecule has 2 atom stereocenters. The molecule has 2 rings (SSSR count). The second kappa shape index (κ2) is 4.73. The van der Waals surface area contributed by atoms with Crippen LogP contribution < -0.4 is 5.32 Å². The predicted molar refractivity (Wildman–Crippen MR) is 72.0 cm³/mol. The first kappa shape index (κ1) is 11.9. The van der Waals surface area contributed by atoms with Crippen LogP contribution in [0.4, 0.5) is 0 Å². The van der Waals surface area contributed by atoms with Gasteiger partial charge in [0.15, 0.2) is 0 Å². The van der Waals surface area contributed by atoms with Gasteiger partial charge in [0.05, 0.1) is 5.25 Å². The maximum absolute atomic E-state index is 11.6. The van der Waals surface area contributed by atoms with Crippen molar-refractivity contribution in [2.75, 3.05) is 0 Å². The number of hydrogen-bond donors (Lipinski definition) is 1. The van der Waals surface area contributed by atoms with Crippen molar-refractivity contribution in [1.29, 1.82) is 0 Å². The molecule has 2 nitrogen and oxygen atoms in total. The molecule has 1 N–H and O–H groups in total. The monoisotopic (exact) mass is 271 g/mol. The summed E-state index contributed by atoms with van der Waals surface area (Å²) in [5.41, 5.74) is 1.10. The highest BCUT2D eigenvalue weighted by Gasteiger charge is 2.34. The Kier molecular flexibility index (Phi) is 3.52. The summed E-state index contributed by atoms with van der Waals surface area (Å²) >= 11 is 12.2. The molecule has 0 aliphatic carbocycles. The molecular formula is C11H10ClNOS2. The zero-order valence-electron chi connectivity index (χ0n) is 8.57. The first-order chi connectivity index (χ1) is 7.58. The van der Waals surface area contributed by atoms with Crippen molar-refractivity contribution in [3.05, 3.63) is 34.9 Å². The van der Waals surface area contributed by atoms with Gasteiger partial charge in [0.2, 0.25) is 5.91 Å². The van der Waals surface area contributed by atoms with Crippen LogP contribution in [0.3, 0.4) is 0 Å². The Balaban J connectivity index is 2.19. The van der Waals surface area contributed by atoms with Crippen molar-refractivity contribution >= 4 is 45.8 Å². The molecule has 1 aromatic rings. The average Bonchev–Trinajstić information content (AvgIpc) is 2.58. The summed E-state index contributed by atoms with van der Waals surface area (Å²) < 4.78 is 0.566. The van der Waals surface area contributed by atoms with E-state index in [9.17, 15) is 4.79 Å². The quantitative estimate of drug-likeness (QED) is 0.839. The Hall–Kier alpha value is -0.580. The van der Waals surface area contributed by atoms with Crippen molar-refractivity contribution in [1.82, 2.24) is 5.32 Å². The SMILES string of the molecule is CC(c1ccc(Cl)cc1)C1SC(=S)NC1=O. The first-order valence-electron chi connectivity index (χ1n) is 4.85. The Morgan fingerprint density at radius 3 is 2.56 bits per heavy atom. The lowest BCUT2D eigenvalue weighted by molar-refractivity contribution is -0.119. The Labute approximate surface area is 109 Å². The molecule has 2 unspecified atom stereocenters. The van der Waals surface area contributed by atoms with Crippen LogP contribution in [0.25, 0.3) is 0 Å². The molecule has 0 aromatic heterocycles. The Morgan fingerprint density at radius 2 is 2.06 bits per heavy atom. The smallest absolute Gasteiger partial charge is 0.239 e. The molecule has 0 spiro atoms. The summed E-state index contributed by atoms with van der Waals surface area (Å²) in [6.45, 7) is 2.02. The number of amides is 1. The van der Waals surface area contributed by atoms with Gasteiger partial charge in [-0.25, -0.2) is 0 Å². The van der Waals surface area contributed by atoms with Crippen LogP contribution in [0.5, 0.6) is 0 Å². The fraction of sp³-hybridized carbons (Fsp3) is 0.273. The molecule has 5 heteroatoms. The van der Waals surface area contributed by atoms with Crippen molar-refractivity contribution in [3.8, 4) is 0 Å². The van der Waals surface area contributed by atoms with Crippen LogP contribution in [0.1, 0.15) is 18.4 Å². The zero-order valence-corrected chi connectivity index (χ0v) is 11.0. The van der Waals surface area contributed by atoms with Crippen LogP contribution in [0.15, 0.2) is 24.3 Å². The maximum Gasteiger partial charge on any atom is 0.239 e. The average molecular weight is 272 g/mol. The van der Waals surface area contributed by atoms with E-state index < -0.39 is 0 Å². The van der Waals surface area contributed by atoms with Gasteiger partial charge in [-0.1, -0.05) is 54.6 Å². The second-order valence-corrected chi connectivity index (χ2v) is 5.91. The van der Waals surface area contributed by atoms with E-state index in [2.05, 4.69) is 5.32 Å². The molecule has 1 aliphatic heterocycles. The normalized spacial score (nSPS) is 22.0. The molecule has 16 heavy (non-hydrogen) atoms. The fourth-order valence-corrected chi connectivity index (χ4v) is 3.10. The van der Waals surface area contributed by atoms with Gasteiger partial charge >= 0.3 is 0 Å². The number of thioether (sulfide) groups is 1. The zero-order chi connectivity index (χ0) is 11.7. The Morgan fingerprint density at radius 1 is 1.44 bits per heavy atom. The molecule has 1 fully saturated rings. The third-order valence-corrected chi connectivity index (χ3v) is 4.40. The van der Waals surface area contributed by atoms with Crippen molar-refractivity contribution in [2.45, 2.75) is 18.1 Å². The van der Waals surface area contributed by atoms with Crippen LogP contribution in [0, 0.1) is 0 Å². The van der Waals surface area contributed by atoms with E-state index in [1.165, 1.54) is 11.8 Å². The summed E-state index contributed by atoms with van der Waals surface area (Å²) in [6.07, 6.45) is 0. The highest BCUT2D eigenvalue weighted by atomic mass is 35.5. The van der Waals surface area contributed by atoms with E-state index in [1.54, 1.807) is 0 Å². The summed E-state index contributed by atoms with van der Waals surface area (Å²) in [5.74, 6) is 0.125. The van der Waals surface area contributed by atoms with E-state index in [4.69, 9.17) is 23.8 Å². The maximum atomic E-state index is 11.6. The summed E-state index contributed by atoms with van der Waals surface area (Å²) in [6, 6.07) is 7.57. The third kappa shape index (κ3) is 2.39. The summed E-state index contributed by atoms with van der Waals surface area (Å²) in [7, 11) is 0. The number of nitrogens with one attached hydrogen (secondary N) is 1. The second-order valence-electron chi connectivity index (χ2n) is 3.66. The minimum absolute atomic E-state index is 0.00236. The minimum Gasteiger partial charge on any atom is -0.311 e. The van der Waals surface area contributed by atoms with Gasteiger partial charge < -0.3 is 5.32 Å². The van der Waals surface area contributed by atoms with Gasteiger partial charge in [-0.2, -0.15) is 0 Å². The summed E-state index contributed by atoms with van der Waals surface area (Å²) in [4.78, 5) is 11.6. The number of thiocarbonyl (C=S) groups is 1. The third-order valence-electron chi connectivity index (χ3n) is 2.57. The van der Waals surface area contributed by atoms with E-state index in [-0.39, 0.29) is 17.1 Å². The number of benzene rings is 1. The Bertz CT molecular complexity index is 432. The molecule has 0 bridgehead atoms. The van der Waals surface area contributed by atoms with Crippen LogP contribution in [0.2, 0.25) is 5.02 Å². The molecular weight excluding hydrogens is 262 g/mol. The van der Waals surface area contributed by atoms with Crippen LogP contribution in [-0.2, 0) is 4.79 Å². The van der Waals surface area contributed by atoms with Crippen molar-refractivity contribution < 1.29 is 4.79 Å². The highest BCUT2D eigenvalue weighted by molar-refractivity contribution is 8.24. The van der Waals surface area contributed by atoms with Crippen LogP contribution in [-0.4, -0.2) is 15.5 Å². The lowest BCUT2D eigenvalue weighted by Gasteiger charge is -2.15. The molecule has 84 valence electrons. The van der Waals surface area contributed by atoms with Crippen LogP contribution >= 0.6 is 35.6 Å². The van der Waals surface area contributed by atoms with E-state index in [0.717, 1.165) is 5.56 Å². The first-order valence-corrected chi connectivity index (χ1v) is 6.51. The number of rotatable bonds is 2. The molecule has 0 radical (unpaired) electrons. The number of halogens is 1. The molecule has 1 amide bonds. The van der Waals surface area contributed by atoms with E-state index in [1.807, 2.05) is 31.2 Å². The molecule has 1 heterocycles. The van der Waals surface area contributed by atoms with Gasteiger partial charge in [0.1, 0.15) is 4.32 Å². The lowest BCUT2D eigenvalue weighted by atomic mass is 9.97. The van der Waals surface area contributed by atoms with Crippen molar-refractivity contribution in [2.24, 2.45) is 0 Å². The standard InChI is InChI=1S/C11H10ClNOS2/c1-6(7-2-4-8(12)5-3-7)9-10(14)13-11(15)16-9/h2-6,9H,1H3,(H,13,14,15). The number of carbonyl (C=O) groups is 1. The largest absolute Gasteiger partial charge is 0.311 e.